The molecule has 0 aliphatic carbocycles. The second-order valence-electron chi connectivity index (χ2n) is 8.18. The molecular weight excluding hydrogens is 352 g/mol. The fourth-order valence-electron chi connectivity index (χ4n) is 3.52. The number of carbonyl (C=O) groups is 2. The van der Waals surface area contributed by atoms with Gasteiger partial charge in [0.1, 0.15) is 12.6 Å². The Labute approximate surface area is 166 Å². The van der Waals surface area contributed by atoms with Gasteiger partial charge in [-0.25, -0.2) is 4.79 Å². The molecule has 1 aliphatic heterocycles. The highest BCUT2D eigenvalue weighted by Crippen LogP contribution is 2.30. The van der Waals surface area contributed by atoms with E-state index in [1.165, 1.54) is 4.90 Å². The number of para-hydroxylation sites is 1. The van der Waals surface area contributed by atoms with Gasteiger partial charge in [0.15, 0.2) is 0 Å². The molecule has 0 bridgehead atoms. The Morgan fingerprint density at radius 2 is 1.75 bits per heavy atom. The fraction of sp³-hybridized carbons (Fsp3) is 0.391. The first-order valence-corrected chi connectivity index (χ1v) is 9.74. The Kier molecular flexibility index (Phi) is 6.02. The van der Waals surface area contributed by atoms with Crippen molar-refractivity contribution in [3.8, 4) is 0 Å². The lowest BCUT2D eigenvalue weighted by atomic mass is 9.86. The molecule has 1 saturated heterocycles. The quantitative estimate of drug-likeness (QED) is 0.835. The lowest BCUT2D eigenvalue weighted by Crippen LogP contribution is -2.43. The molecule has 1 N–H and O–H groups in total. The third-order valence-corrected chi connectivity index (χ3v) is 4.99. The van der Waals surface area contributed by atoms with Crippen LogP contribution >= 0.6 is 0 Å². The van der Waals surface area contributed by atoms with Crippen molar-refractivity contribution in [1.29, 1.82) is 0 Å². The molecule has 0 spiro atoms. The largest absolute Gasteiger partial charge is 0.445 e. The number of likely N-dealkylation sites (tertiary alicyclic amines) is 1. The average Bonchev–Trinajstić information content (AvgIpc) is 3.16. The number of anilines is 1. The maximum Gasteiger partial charge on any atom is 0.410 e. The van der Waals surface area contributed by atoms with Gasteiger partial charge < -0.3 is 10.1 Å². The molecule has 3 rings (SSSR count). The number of hydrogen-bond acceptors (Lipinski definition) is 3. The van der Waals surface area contributed by atoms with E-state index in [1.54, 1.807) is 0 Å². The summed E-state index contributed by atoms with van der Waals surface area (Å²) in [5.74, 6) is -0.161. The van der Waals surface area contributed by atoms with E-state index in [-0.39, 0.29) is 17.9 Å². The van der Waals surface area contributed by atoms with Crippen LogP contribution in [0.3, 0.4) is 0 Å². The molecule has 2 aromatic carbocycles. The number of amides is 2. The van der Waals surface area contributed by atoms with Gasteiger partial charge in [-0.05, 0) is 35.4 Å². The van der Waals surface area contributed by atoms with E-state index in [0.29, 0.717) is 13.0 Å². The summed E-state index contributed by atoms with van der Waals surface area (Å²) in [5.41, 5.74) is 2.70. The highest BCUT2D eigenvalue weighted by molar-refractivity contribution is 5.97. The smallest absolute Gasteiger partial charge is 0.410 e. The van der Waals surface area contributed by atoms with E-state index >= 15 is 0 Å². The Morgan fingerprint density at radius 1 is 1.07 bits per heavy atom. The normalized spacial score (nSPS) is 16.7. The summed E-state index contributed by atoms with van der Waals surface area (Å²) in [4.78, 5) is 27.0. The maximum absolute atomic E-state index is 12.9. The van der Waals surface area contributed by atoms with Crippen molar-refractivity contribution >= 4 is 17.7 Å². The summed E-state index contributed by atoms with van der Waals surface area (Å²) in [6.07, 6.45) is 0.995. The molecule has 2 aromatic rings. The summed E-state index contributed by atoms with van der Waals surface area (Å²) >= 11 is 0. The number of nitrogens with one attached hydrogen (secondary N) is 1. The van der Waals surface area contributed by atoms with Crippen LogP contribution in [0.2, 0.25) is 0 Å². The Morgan fingerprint density at radius 3 is 2.46 bits per heavy atom. The van der Waals surface area contributed by atoms with Crippen LogP contribution in [0.25, 0.3) is 0 Å². The molecule has 1 atom stereocenters. The van der Waals surface area contributed by atoms with Crippen molar-refractivity contribution in [1.82, 2.24) is 4.90 Å². The zero-order chi connectivity index (χ0) is 20.1. The van der Waals surface area contributed by atoms with E-state index < -0.39 is 12.1 Å². The Balaban J connectivity index is 1.66. The number of nitrogens with zero attached hydrogens (tertiary/aromatic N) is 1. The van der Waals surface area contributed by atoms with E-state index in [1.807, 2.05) is 54.6 Å². The maximum atomic E-state index is 12.9. The summed E-state index contributed by atoms with van der Waals surface area (Å²) in [6.45, 7) is 7.08. The zero-order valence-electron chi connectivity index (χ0n) is 16.8. The van der Waals surface area contributed by atoms with Crippen molar-refractivity contribution in [2.45, 2.75) is 51.7 Å². The minimum absolute atomic E-state index is 0.0894. The molecule has 1 aliphatic rings. The number of rotatable bonds is 4. The second-order valence-corrected chi connectivity index (χ2v) is 8.18. The van der Waals surface area contributed by atoms with E-state index in [2.05, 4.69) is 26.1 Å². The Bertz CT molecular complexity index is 827. The van der Waals surface area contributed by atoms with Crippen LogP contribution in [-0.2, 0) is 21.6 Å². The van der Waals surface area contributed by atoms with Gasteiger partial charge in [-0.1, -0.05) is 69.3 Å². The molecule has 5 heteroatoms. The fourth-order valence-corrected chi connectivity index (χ4v) is 3.52. The van der Waals surface area contributed by atoms with Gasteiger partial charge in [0.05, 0.1) is 0 Å². The van der Waals surface area contributed by atoms with E-state index in [4.69, 9.17) is 4.74 Å². The predicted octanol–water partition coefficient (Wildman–Crippen LogP) is 4.72. The van der Waals surface area contributed by atoms with Crippen LogP contribution < -0.4 is 5.32 Å². The number of ether oxygens (including phenoxy) is 1. The molecule has 0 radical (unpaired) electrons. The minimum atomic E-state index is -0.503. The molecule has 1 heterocycles. The SMILES string of the molecule is CC(C)(C)c1ccccc1NC(=O)C1CCCN1C(=O)OCc1ccccc1. The molecule has 5 nitrogen and oxygen atoms in total. The molecule has 28 heavy (non-hydrogen) atoms. The van der Waals surface area contributed by atoms with Crippen LogP contribution in [0.1, 0.15) is 44.7 Å². The average molecular weight is 380 g/mol. The van der Waals surface area contributed by atoms with E-state index in [0.717, 1.165) is 23.2 Å². The lowest BCUT2D eigenvalue weighted by Gasteiger charge is -2.26. The molecule has 0 aromatic heterocycles. The second kappa shape index (κ2) is 8.46. The van der Waals surface area contributed by atoms with E-state index in [9.17, 15) is 9.59 Å². The number of hydrogen-bond donors (Lipinski definition) is 1. The Hall–Kier alpha value is -2.82. The molecule has 1 fully saturated rings. The van der Waals surface area contributed by atoms with Crippen molar-refractivity contribution < 1.29 is 14.3 Å². The molecular formula is C23H28N2O3. The van der Waals surface area contributed by atoms with Crippen LogP contribution in [0, 0.1) is 0 Å². The summed E-state index contributed by atoms with van der Waals surface area (Å²) in [5, 5.41) is 3.03. The van der Waals surface area contributed by atoms with Gasteiger partial charge >= 0.3 is 6.09 Å². The van der Waals surface area contributed by atoms with Crippen molar-refractivity contribution in [3.05, 3.63) is 65.7 Å². The standard InChI is InChI=1S/C23H28N2O3/c1-23(2,3)18-12-7-8-13-19(18)24-21(26)20-14-9-15-25(20)22(27)28-16-17-10-5-4-6-11-17/h4-8,10-13,20H,9,14-16H2,1-3H3,(H,24,26). The van der Waals surface area contributed by atoms with Crippen molar-refractivity contribution in [2.24, 2.45) is 0 Å². The predicted molar refractivity (Wildman–Crippen MR) is 110 cm³/mol. The third-order valence-electron chi connectivity index (χ3n) is 4.99. The summed E-state index contributed by atoms with van der Waals surface area (Å²) < 4.78 is 5.43. The first kappa shape index (κ1) is 19.9. The minimum Gasteiger partial charge on any atom is -0.445 e. The first-order valence-electron chi connectivity index (χ1n) is 9.74. The van der Waals surface area contributed by atoms with Crippen LogP contribution in [0.15, 0.2) is 54.6 Å². The van der Waals surface area contributed by atoms with Crippen LogP contribution in [0.5, 0.6) is 0 Å². The number of carbonyl (C=O) groups excluding carboxylic acids is 2. The first-order chi connectivity index (χ1) is 13.4. The summed E-state index contributed by atoms with van der Waals surface area (Å²) in [6, 6.07) is 16.9. The topological polar surface area (TPSA) is 58.6 Å². The monoisotopic (exact) mass is 380 g/mol. The third kappa shape index (κ3) is 4.71. The summed E-state index contributed by atoms with van der Waals surface area (Å²) in [7, 11) is 0. The van der Waals surface area contributed by atoms with Gasteiger partial charge in [-0.15, -0.1) is 0 Å². The molecule has 0 saturated carbocycles. The van der Waals surface area contributed by atoms with Gasteiger partial charge in [0, 0.05) is 12.2 Å². The van der Waals surface area contributed by atoms with Gasteiger partial charge in [-0.3, -0.25) is 9.69 Å². The van der Waals surface area contributed by atoms with Gasteiger partial charge in [0.25, 0.3) is 0 Å². The van der Waals surface area contributed by atoms with Crippen molar-refractivity contribution in [3.63, 3.8) is 0 Å². The lowest BCUT2D eigenvalue weighted by molar-refractivity contribution is -0.120. The molecule has 148 valence electrons. The van der Waals surface area contributed by atoms with Crippen molar-refractivity contribution in [2.75, 3.05) is 11.9 Å². The zero-order valence-corrected chi connectivity index (χ0v) is 16.8. The van der Waals surface area contributed by atoms with Crippen LogP contribution in [0.4, 0.5) is 10.5 Å². The molecule has 2 amide bonds. The highest BCUT2D eigenvalue weighted by Gasteiger charge is 2.35. The number of benzene rings is 2. The van der Waals surface area contributed by atoms with Crippen LogP contribution in [-0.4, -0.2) is 29.5 Å². The molecule has 1 unspecified atom stereocenters. The highest BCUT2D eigenvalue weighted by atomic mass is 16.6. The van der Waals surface area contributed by atoms with Gasteiger partial charge in [-0.2, -0.15) is 0 Å². The van der Waals surface area contributed by atoms with Gasteiger partial charge in [0.2, 0.25) is 5.91 Å².